The summed E-state index contributed by atoms with van der Waals surface area (Å²) in [5.41, 5.74) is 0.628. The van der Waals surface area contributed by atoms with Crippen LogP contribution in [0.4, 0.5) is 5.69 Å². The number of thiophene rings is 1. The third-order valence-electron chi connectivity index (χ3n) is 7.83. The van der Waals surface area contributed by atoms with Crippen molar-refractivity contribution in [1.82, 2.24) is 0 Å². The molecule has 1 amide bonds. The second-order valence-corrected chi connectivity index (χ2v) is 11.2. The van der Waals surface area contributed by atoms with Crippen molar-refractivity contribution in [2.45, 2.75) is 108 Å². The van der Waals surface area contributed by atoms with Crippen LogP contribution in [0.2, 0.25) is 0 Å². The molecule has 3 aliphatic carbocycles. The Hall–Kier alpha value is -1.40. The van der Waals surface area contributed by atoms with E-state index in [1.165, 1.54) is 30.6 Å². The van der Waals surface area contributed by atoms with E-state index in [-0.39, 0.29) is 24.0 Å². The van der Waals surface area contributed by atoms with Crippen LogP contribution in [-0.2, 0) is 4.79 Å². The highest BCUT2D eigenvalue weighted by atomic mass is 32.1. The Bertz CT molecular complexity index is 768. The Kier molecular flexibility index (Phi) is 7.37. The maximum Gasteiger partial charge on any atom is 0.348 e. The molecule has 31 heavy (non-hydrogen) atoms. The lowest BCUT2D eigenvalue weighted by Gasteiger charge is -2.38. The van der Waals surface area contributed by atoms with Gasteiger partial charge in [-0.2, -0.15) is 0 Å². The first-order chi connectivity index (χ1) is 14.9. The molecule has 3 fully saturated rings. The molecule has 0 radical (unpaired) electrons. The normalized spacial score (nSPS) is 30.1. The van der Waals surface area contributed by atoms with Crippen molar-refractivity contribution in [2.75, 3.05) is 4.90 Å². The van der Waals surface area contributed by atoms with E-state index in [9.17, 15) is 19.8 Å². The molecule has 0 atom stereocenters. The molecule has 6 heteroatoms. The highest BCUT2D eigenvalue weighted by molar-refractivity contribution is 7.14. The van der Waals surface area contributed by atoms with Crippen LogP contribution in [0.1, 0.15) is 111 Å². The molecule has 0 aliphatic heterocycles. The van der Waals surface area contributed by atoms with Gasteiger partial charge >= 0.3 is 5.97 Å². The Balaban J connectivity index is 1.67. The molecule has 1 heterocycles. The van der Waals surface area contributed by atoms with Gasteiger partial charge in [-0.15, -0.1) is 11.3 Å². The first-order valence-corrected chi connectivity index (χ1v) is 13.1. The predicted octanol–water partition coefficient (Wildman–Crippen LogP) is 5.96. The largest absolute Gasteiger partial charge is 0.477 e. The van der Waals surface area contributed by atoms with Gasteiger partial charge in [0.2, 0.25) is 5.91 Å². The van der Waals surface area contributed by atoms with Gasteiger partial charge < -0.3 is 15.1 Å². The Labute approximate surface area is 189 Å². The lowest BCUT2D eigenvalue weighted by molar-refractivity contribution is -0.124. The summed E-state index contributed by atoms with van der Waals surface area (Å²) in [5.74, 6) is 0.265. The molecule has 0 aromatic carbocycles. The van der Waals surface area contributed by atoms with Gasteiger partial charge in [0.1, 0.15) is 4.88 Å². The zero-order chi connectivity index (χ0) is 22.0. The molecule has 0 saturated heterocycles. The van der Waals surface area contributed by atoms with Crippen LogP contribution in [0.15, 0.2) is 6.07 Å². The number of nitrogens with zero attached hydrogens (tertiary/aromatic N) is 1. The van der Waals surface area contributed by atoms with Gasteiger partial charge in [0.05, 0.1) is 11.8 Å². The van der Waals surface area contributed by atoms with Gasteiger partial charge in [0.15, 0.2) is 0 Å². The van der Waals surface area contributed by atoms with E-state index in [4.69, 9.17) is 0 Å². The first-order valence-electron chi connectivity index (χ1n) is 12.3. The number of hydrogen-bond acceptors (Lipinski definition) is 4. The Morgan fingerprint density at radius 1 is 0.935 bits per heavy atom. The van der Waals surface area contributed by atoms with Crippen LogP contribution in [-0.4, -0.2) is 34.2 Å². The molecule has 5 nitrogen and oxygen atoms in total. The minimum atomic E-state index is -0.923. The van der Waals surface area contributed by atoms with Crippen molar-refractivity contribution in [2.24, 2.45) is 11.8 Å². The monoisotopic (exact) mass is 447 g/mol. The summed E-state index contributed by atoms with van der Waals surface area (Å²) >= 11 is 1.39. The molecule has 0 spiro atoms. The number of carboxylic acids is 1. The molecule has 3 saturated carbocycles. The maximum atomic E-state index is 13.8. The fraction of sp³-hybridized carbons (Fsp3) is 0.760. The van der Waals surface area contributed by atoms with Gasteiger partial charge in [-0.05, 0) is 82.1 Å². The standard InChI is InChI=1S/C25H37NO4S/c1-16-7-9-18(10-8-16)24(28)26(19-11-13-20(27)14-12-19)21-15-22(31-23(21)25(29)30)17-5-3-2-4-6-17/h15-20,27H,2-14H2,1H3,(H,29,30). The van der Waals surface area contributed by atoms with Gasteiger partial charge in [-0.1, -0.05) is 26.2 Å². The number of amides is 1. The van der Waals surface area contributed by atoms with Crippen molar-refractivity contribution in [1.29, 1.82) is 0 Å². The third kappa shape index (κ3) is 5.16. The fourth-order valence-corrected chi connectivity index (χ4v) is 6.99. The maximum absolute atomic E-state index is 13.8. The summed E-state index contributed by atoms with van der Waals surface area (Å²) < 4.78 is 0. The van der Waals surface area contributed by atoms with Crippen molar-refractivity contribution in [3.63, 3.8) is 0 Å². The number of anilines is 1. The second kappa shape index (κ2) is 10.0. The van der Waals surface area contributed by atoms with E-state index in [1.807, 2.05) is 11.0 Å². The highest BCUT2D eigenvalue weighted by Crippen LogP contribution is 2.43. The third-order valence-corrected chi connectivity index (χ3v) is 9.10. The molecular weight excluding hydrogens is 410 g/mol. The predicted molar refractivity (Wildman–Crippen MR) is 124 cm³/mol. The molecule has 1 aromatic rings. The van der Waals surface area contributed by atoms with Crippen LogP contribution in [0.3, 0.4) is 0 Å². The minimum Gasteiger partial charge on any atom is -0.477 e. The number of carbonyl (C=O) groups excluding carboxylic acids is 1. The van der Waals surface area contributed by atoms with Gasteiger partial charge in [-0.3, -0.25) is 4.79 Å². The zero-order valence-electron chi connectivity index (χ0n) is 18.7. The fourth-order valence-electron chi connectivity index (χ4n) is 5.84. The van der Waals surface area contributed by atoms with Crippen LogP contribution in [0.5, 0.6) is 0 Å². The van der Waals surface area contributed by atoms with Crippen molar-refractivity contribution < 1.29 is 19.8 Å². The number of hydrogen-bond donors (Lipinski definition) is 2. The van der Waals surface area contributed by atoms with Crippen molar-refractivity contribution in [3.05, 3.63) is 15.8 Å². The zero-order valence-corrected chi connectivity index (χ0v) is 19.5. The first kappa shape index (κ1) is 22.8. The van der Waals surface area contributed by atoms with Gasteiger partial charge in [0, 0.05) is 16.8 Å². The average molecular weight is 448 g/mol. The van der Waals surface area contributed by atoms with Crippen molar-refractivity contribution >= 4 is 28.9 Å². The number of carbonyl (C=O) groups is 2. The van der Waals surface area contributed by atoms with E-state index in [0.717, 1.165) is 56.2 Å². The summed E-state index contributed by atoms with van der Waals surface area (Å²) in [6.07, 6.45) is 12.3. The molecule has 4 rings (SSSR count). The molecule has 3 aliphatic rings. The summed E-state index contributed by atoms with van der Waals surface area (Å²) in [6.45, 7) is 2.25. The lowest BCUT2D eigenvalue weighted by atomic mass is 9.81. The summed E-state index contributed by atoms with van der Waals surface area (Å²) in [7, 11) is 0. The van der Waals surface area contributed by atoms with E-state index in [0.29, 0.717) is 35.2 Å². The summed E-state index contributed by atoms with van der Waals surface area (Å²) in [5, 5.41) is 20.0. The number of aliphatic hydroxyl groups excluding tert-OH is 1. The molecule has 0 unspecified atom stereocenters. The van der Waals surface area contributed by atoms with Gasteiger partial charge in [-0.25, -0.2) is 4.79 Å². The van der Waals surface area contributed by atoms with E-state index in [1.54, 1.807) is 0 Å². The number of rotatable bonds is 5. The smallest absolute Gasteiger partial charge is 0.348 e. The highest BCUT2D eigenvalue weighted by Gasteiger charge is 2.37. The van der Waals surface area contributed by atoms with Crippen LogP contribution >= 0.6 is 11.3 Å². The topological polar surface area (TPSA) is 77.8 Å². The van der Waals surface area contributed by atoms with Crippen LogP contribution < -0.4 is 4.90 Å². The number of aromatic carboxylic acids is 1. The SMILES string of the molecule is CC1CCC(C(=O)N(c2cc(C3CCCCC3)sc2C(=O)O)C2CCC(O)CC2)CC1. The van der Waals surface area contributed by atoms with E-state index < -0.39 is 5.97 Å². The van der Waals surface area contributed by atoms with Crippen molar-refractivity contribution in [3.8, 4) is 0 Å². The summed E-state index contributed by atoms with van der Waals surface area (Å²) in [6, 6.07) is 2.03. The van der Waals surface area contributed by atoms with E-state index >= 15 is 0 Å². The average Bonchev–Trinajstić information content (AvgIpc) is 3.22. The molecule has 172 valence electrons. The minimum absolute atomic E-state index is 0.0114. The summed E-state index contributed by atoms with van der Waals surface area (Å²) in [4.78, 5) is 29.4. The lowest BCUT2D eigenvalue weighted by Crippen LogP contribution is -2.47. The Morgan fingerprint density at radius 2 is 1.58 bits per heavy atom. The van der Waals surface area contributed by atoms with Gasteiger partial charge in [0.25, 0.3) is 0 Å². The molecule has 1 aromatic heterocycles. The van der Waals surface area contributed by atoms with Crippen LogP contribution in [0.25, 0.3) is 0 Å². The van der Waals surface area contributed by atoms with Crippen LogP contribution in [0, 0.1) is 11.8 Å². The Morgan fingerprint density at radius 3 is 2.19 bits per heavy atom. The quantitative estimate of drug-likeness (QED) is 0.584. The molecular formula is C25H37NO4S. The second-order valence-electron chi connectivity index (χ2n) is 10.1. The number of aliphatic hydroxyl groups is 1. The molecule has 0 bridgehead atoms. The number of carboxylic acid groups (broad SMARTS) is 1. The van der Waals surface area contributed by atoms with E-state index in [2.05, 4.69) is 6.92 Å². The molecule has 2 N–H and O–H groups in total.